The molecule has 41 nitrogen and oxygen atoms in total. The number of hydrogen-bond donors (Lipinski definition) is 25. The standard InChI is InChI=1S/C16H17NO2.C12H12BrNO2.C10H12ClNO2.C10H13NO4.C10H13NO3.C9H6F5NO2.2C9H10N2O5.C9H11NO5.2H2S/c17-16(15(18)19,11-13-7-3-1-4-8-13)12-14-9-5-2-6-10-14;13-9-4-3-7-1-2-8(10(7)6-9)5-11(14)12(15)16;1-10(12,9(13)14)6-7-2-4-8(11)5-3-7;1-15-9-5-6(2-3-8(9)12)4-7(11)10(13)14;11-9(10(13)14)5-7-1-3-8(6-12)4-2-7;10-4-2(1-3(15)9(16)17)5(11)7(13)8(14)6(4)12;10-7(9(13)14)8(12)5-1-3-6(4-2-5)11(15)16;10-6(9(13)14)3-5-1-2-8(12)7(4-5)11(15)16;10-7(9(14)15)8(13)4-1-2-5(11)6(12)3-4;;/h1-10H,11-12,17H2,(H,18,19);2-4,6,11H,1,5,14H2,(H,15,16);2-5H,6,12H2,1H3,(H,13,14);2-3,5,7,12H,4,11H2,1H3,(H,13,14);1-4,9,12H,5-6,11H2,(H,13,14);3H,1,15H2,(H,16,17);1-4,7-8,12H,10H2,(H,13,14);1-2,4,6,12H,3,10H2,(H,13,14);1-3,7-8,11-13H,10H2,(H,14,15);2*1H2/t;;;;;;;;7-,8?;;/m........0../s1. The van der Waals surface area contributed by atoms with E-state index in [9.17, 15) is 106 Å². The van der Waals surface area contributed by atoms with Gasteiger partial charge in [-0.1, -0.05) is 155 Å². The summed E-state index contributed by atoms with van der Waals surface area (Å²) in [7, 11) is 1.43. The van der Waals surface area contributed by atoms with Crippen molar-refractivity contribution in [2.75, 3.05) is 7.11 Å². The van der Waals surface area contributed by atoms with Crippen molar-refractivity contribution in [1.82, 2.24) is 0 Å². The minimum absolute atomic E-state index is 0. The van der Waals surface area contributed by atoms with Gasteiger partial charge in [0.2, 0.25) is 5.82 Å². The molecule has 0 aromatic heterocycles. The van der Waals surface area contributed by atoms with Gasteiger partial charge in [-0.3, -0.25) is 63.4 Å². The molecule has 0 heterocycles. The second kappa shape index (κ2) is 61.5. The van der Waals surface area contributed by atoms with Gasteiger partial charge in [0.15, 0.2) is 52.0 Å². The zero-order valence-electron chi connectivity index (χ0n) is 76.1. The average molecular weight is 2150 g/mol. The first-order valence-electron chi connectivity index (χ1n) is 41.2. The Morgan fingerprint density at radius 2 is 0.812 bits per heavy atom. The number of aliphatic hydroxyl groups is 3. The summed E-state index contributed by atoms with van der Waals surface area (Å²) in [5.74, 6) is -22.1. The Kier molecular flexibility index (Phi) is 54.5. The quantitative estimate of drug-likeness (QED) is 0.00462. The summed E-state index contributed by atoms with van der Waals surface area (Å²) in [6.07, 6.45) is 0.885. The number of carboxylic acids is 9. The molecule has 0 aliphatic heterocycles. The maximum atomic E-state index is 13.1. The molecule has 10 aromatic rings. The van der Waals surface area contributed by atoms with Gasteiger partial charge >= 0.3 is 59.4 Å². The predicted molar refractivity (Wildman–Crippen MR) is 526 cm³/mol. The van der Waals surface area contributed by atoms with E-state index in [0.717, 1.165) is 74.1 Å². The zero-order valence-corrected chi connectivity index (χ0v) is 80.4. The summed E-state index contributed by atoms with van der Waals surface area (Å²) >= 11 is 9.11. The van der Waals surface area contributed by atoms with Gasteiger partial charge in [0.05, 0.1) is 23.6 Å². The number of nitro benzene ring substituents is 2. The van der Waals surface area contributed by atoms with Crippen LogP contribution in [0.4, 0.5) is 33.3 Å². The molecular formula is C94H108BrClF5N11O30S2. The van der Waals surface area contributed by atoms with Crippen molar-refractivity contribution in [1.29, 1.82) is 0 Å². The number of methoxy groups -OCH3 is 1. The third-order valence-corrected chi connectivity index (χ3v) is 20.7. The van der Waals surface area contributed by atoms with Crippen LogP contribution in [0.1, 0.15) is 92.3 Å². The molecule has 0 bridgehead atoms. The highest BCUT2D eigenvalue weighted by atomic mass is 79.9. The minimum Gasteiger partial charge on any atom is -0.504 e. The van der Waals surface area contributed by atoms with Crippen LogP contribution in [0.15, 0.2) is 217 Å². The van der Waals surface area contributed by atoms with E-state index in [4.69, 9.17) is 129 Å². The Bertz CT molecular complexity index is 5940. The van der Waals surface area contributed by atoms with Crippen molar-refractivity contribution in [3.8, 4) is 28.7 Å². The number of ether oxygens (including phenoxy) is 1. The number of carbonyl (C=O) groups is 9. The van der Waals surface area contributed by atoms with Crippen LogP contribution >= 0.6 is 54.5 Å². The number of aliphatic carboxylic acids is 9. The highest BCUT2D eigenvalue weighted by Crippen LogP contribution is 2.35. The first-order valence-corrected chi connectivity index (χ1v) is 42.4. The number of phenols is 4. The van der Waals surface area contributed by atoms with E-state index in [2.05, 4.69) is 28.1 Å². The number of aliphatic hydroxyl groups excluding tert-OH is 3. The van der Waals surface area contributed by atoms with Gasteiger partial charge < -0.3 is 138 Å². The molecule has 144 heavy (non-hydrogen) atoms. The van der Waals surface area contributed by atoms with Crippen LogP contribution in [-0.4, -0.2) is 206 Å². The molecule has 50 heteroatoms. The number of rotatable bonds is 33. The second-order valence-corrected chi connectivity index (χ2v) is 32.5. The topological polar surface area (TPSA) is 807 Å². The van der Waals surface area contributed by atoms with Crippen LogP contribution in [0.5, 0.6) is 28.7 Å². The number of allylic oxidation sites excluding steroid dienone is 1. The Balaban J connectivity index is 0.000000810. The van der Waals surface area contributed by atoms with E-state index in [0.29, 0.717) is 54.0 Å². The number of non-ortho nitro benzene ring substituents is 1. The molecule has 0 saturated heterocycles. The molecule has 10 atom stereocenters. The summed E-state index contributed by atoms with van der Waals surface area (Å²) in [6.45, 7) is 1.48. The van der Waals surface area contributed by atoms with Crippen molar-refractivity contribution in [3.63, 3.8) is 0 Å². The van der Waals surface area contributed by atoms with Crippen LogP contribution in [0.25, 0.3) is 5.57 Å². The molecule has 10 aromatic carbocycles. The summed E-state index contributed by atoms with van der Waals surface area (Å²) in [6, 6.07) is 47.2. The fraction of sp³-hybridized carbons (Fsp3) is 0.245. The summed E-state index contributed by atoms with van der Waals surface area (Å²) in [4.78, 5) is 115. The molecule has 0 saturated carbocycles. The molecule has 9 unspecified atom stereocenters. The zero-order chi connectivity index (χ0) is 108. The summed E-state index contributed by atoms with van der Waals surface area (Å²) in [5.41, 5.74) is 53.5. The predicted octanol–water partition coefficient (Wildman–Crippen LogP) is 8.02. The fourth-order valence-corrected chi connectivity index (χ4v) is 12.4. The Morgan fingerprint density at radius 3 is 1.22 bits per heavy atom. The minimum atomic E-state index is -2.30. The Hall–Kier alpha value is -14.4. The van der Waals surface area contributed by atoms with Gasteiger partial charge in [0.1, 0.15) is 65.6 Å². The third-order valence-electron chi connectivity index (χ3n) is 20.0. The van der Waals surface area contributed by atoms with Crippen LogP contribution < -0.4 is 56.3 Å². The number of nitro groups is 2. The molecule has 0 amide bonds. The molecular weight excluding hydrogens is 2040 g/mol. The van der Waals surface area contributed by atoms with E-state index < -0.39 is 187 Å². The molecule has 34 N–H and O–H groups in total. The van der Waals surface area contributed by atoms with Gasteiger partial charge in [0.25, 0.3) is 5.69 Å². The van der Waals surface area contributed by atoms with Gasteiger partial charge in [0, 0.05) is 58.9 Å². The number of benzene rings is 10. The van der Waals surface area contributed by atoms with Crippen molar-refractivity contribution < 1.29 is 161 Å². The summed E-state index contributed by atoms with van der Waals surface area (Å²) < 4.78 is 70.0. The second-order valence-electron chi connectivity index (χ2n) is 31.1. The van der Waals surface area contributed by atoms with Crippen molar-refractivity contribution in [2.24, 2.45) is 51.6 Å². The lowest BCUT2D eigenvalue weighted by Crippen LogP contribution is -2.51. The molecule has 0 radical (unpaired) electrons. The lowest BCUT2D eigenvalue weighted by Gasteiger charge is -2.25. The lowest BCUT2D eigenvalue weighted by atomic mass is 9.86. The number of fused-ring (bicyclic) bond motifs is 1. The van der Waals surface area contributed by atoms with Gasteiger partial charge in [-0.05, 0) is 173 Å². The third kappa shape index (κ3) is 42.4. The monoisotopic (exact) mass is 2140 g/mol. The van der Waals surface area contributed by atoms with E-state index in [1.807, 2.05) is 72.8 Å². The van der Waals surface area contributed by atoms with Gasteiger partial charge in [-0.2, -0.15) is 27.0 Å². The normalized spacial score (nSPS) is 13.0. The number of nitrogens with two attached hydrogens (primary N) is 9. The van der Waals surface area contributed by atoms with E-state index in [1.54, 1.807) is 60.7 Å². The maximum Gasteiger partial charge on any atom is 0.324 e. The molecule has 1 aliphatic carbocycles. The first kappa shape index (κ1) is 128. The van der Waals surface area contributed by atoms with Crippen molar-refractivity contribution in [2.45, 2.75) is 137 Å². The number of halogens is 7. The SMILES string of the molecule is CC(N)(Cc1ccc(Cl)cc1)C(=O)O.COc1cc(CC(N)C(=O)O)ccc1O.NC(C(=O)O)C(O)c1ccc([N+](=O)[O-])cc1.NC(CC1=CCc2ccc(Br)cc21)C(=O)O.NC(Cc1c(F)c(F)c(F)c(F)c1F)C(=O)O.NC(Cc1ccc(CO)cc1)C(=O)O.NC(Cc1ccc(O)c([N+](=O)[O-])c1)C(=O)O.NC(Cc1ccccc1)(Cc1ccccc1)C(=O)O.N[C@H](C(=O)O)C(O)c1ccc(O)c(O)c1.S.S. The number of aromatic hydroxyl groups is 4. The Morgan fingerprint density at radius 1 is 0.431 bits per heavy atom. The van der Waals surface area contributed by atoms with Crippen LogP contribution in [0.2, 0.25) is 5.02 Å². The number of carboxylic acid groups (broad SMARTS) is 9. The lowest BCUT2D eigenvalue weighted by molar-refractivity contribution is -0.385. The van der Waals surface area contributed by atoms with Crippen LogP contribution in [-0.2, 0) is 101 Å². The first-order chi connectivity index (χ1) is 66.3. The van der Waals surface area contributed by atoms with Crippen molar-refractivity contribution in [3.05, 3.63) is 338 Å². The van der Waals surface area contributed by atoms with Gasteiger partial charge in [-0.25, -0.2) is 22.0 Å². The molecule has 780 valence electrons. The molecule has 11 rings (SSSR count). The molecule has 0 fully saturated rings. The van der Waals surface area contributed by atoms with Crippen LogP contribution in [0.3, 0.4) is 0 Å². The smallest absolute Gasteiger partial charge is 0.324 e. The molecule has 0 spiro atoms. The fourth-order valence-electron chi connectivity index (χ4n) is 12.0. The Labute approximate surface area is 844 Å². The van der Waals surface area contributed by atoms with Crippen LogP contribution in [0, 0.1) is 49.3 Å². The highest BCUT2D eigenvalue weighted by Gasteiger charge is 2.36. The summed E-state index contributed by atoms with van der Waals surface area (Å²) in [5, 5.41) is 164. The van der Waals surface area contributed by atoms with E-state index in [-0.39, 0.29) is 74.8 Å². The molecule has 1 aliphatic rings. The number of phenolic OH excluding ortho intramolecular Hbond substituents is 4. The highest BCUT2D eigenvalue weighted by molar-refractivity contribution is 9.10. The van der Waals surface area contributed by atoms with E-state index >= 15 is 0 Å². The van der Waals surface area contributed by atoms with E-state index in [1.165, 1.54) is 62.1 Å². The number of nitrogens with zero attached hydrogens (tertiary/aromatic N) is 2. The number of hydrogen-bond acceptors (Lipinski definition) is 30. The largest absolute Gasteiger partial charge is 0.504 e. The van der Waals surface area contributed by atoms with Crippen molar-refractivity contribution >= 4 is 125 Å². The van der Waals surface area contributed by atoms with Gasteiger partial charge in [-0.15, -0.1) is 0 Å². The average Bonchev–Trinajstić information content (AvgIpc) is 1.57. The maximum absolute atomic E-state index is 13.1.